The van der Waals surface area contributed by atoms with Crippen molar-refractivity contribution in [3.05, 3.63) is 0 Å². The van der Waals surface area contributed by atoms with E-state index in [1.165, 1.54) is 12.8 Å². The van der Waals surface area contributed by atoms with Crippen LogP contribution in [0.5, 0.6) is 0 Å². The zero-order valence-corrected chi connectivity index (χ0v) is 15.2. The molecule has 1 rings (SSSR count). The third kappa shape index (κ3) is 4.69. The lowest BCUT2D eigenvalue weighted by atomic mass is 9.84. The first kappa shape index (κ1) is 18.5. The van der Waals surface area contributed by atoms with Gasteiger partial charge in [0.05, 0.1) is 6.07 Å². The SMILES string of the molecule is CC(C)NC1(C#N)CCCC1CCN(C)C(C)C(C)(C)C. The van der Waals surface area contributed by atoms with Gasteiger partial charge in [-0.3, -0.25) is 5.32 Å². The maximum Gasteiger partial charge on any atom is 0.109 e. The molecule has 122 valence electrons. The Kier molecular flexibility index (Phi) is 6.25. The molecule has 1 aliphatic carbocycles. The number of nitrogens with one attached hydrogen (secondary N) is 1. The summed E-state index contributed by atoms with van der Waals surface area (Å²) < 4.78 is 0. The molecule has 0 aromatic heterocycles. The van der Waals surface area contributed by atoms with Gasteiger partial charge in [0.1, 0.15) is 5.54 Å². The first-order chi connectivity index (χ1) is 9.62. The highest BCUT2D eigenvalue weighted by Gasteiger charge is 2.43. The normalized spacial score (nSPS) is 28.1. The van der Waals surface area contributed by atoms with Crippen molar-refractivity contribution in [2.24, 2.45) is 11.3 Å². The average Bonchev–Trinajstić information content (AvgIpc) is 2.76. The van der Waals surface area contributed by atoms with Gasteiger partial charge in [0.25, 0.3) is 0 Å². The first-order valence-corrected chi connectivity index (χ1v) is 8.51. The van der Waals surface area contributed by atoms with Crippen LogP contribution in [0.15, 0.2) is 0 Å². The second-order valence-electron chi connectivity index (χ2n) is 8.28. The van der Waals surface area contributed by atoms with E-state index in [1.54, 1.807) is 0 Å². The Balaban J connectivity index is 2.63. The third-order valence-corrected chi connectivity index (χ3v) is 5.31. The maximum atomic E-state index is 9.71. The molecule has 3 unspecified atom stereocenters. The average molecular weight is 293 g/mol. The van der Waals surface area contributed by atoms with Crippen LogP contribution in [0, 0.1) is 22.7 Å². The van der Waals surface area contributed by atoms with Crippen molar-refractivity contribution in [1.29, 1.82) is 5.26 Å². The molecule has 21 heavy (non-hydrogen) atoms. The first-order valence-electron chi connectivity index (χ1n) is 8.51. The second-order valence-corrected chi connectivity index (χ2v) is 8.28. The van der Waals surface area contributed by atoms with Crippen molar-refractivity contribution >= 4 is 0 Å². The van der Waals surface area contributed by atoms with Gasteiger partial charge in [0, 0.05) is 12.1 Å². The van der Waals surface area contributed by atoms with Gasteiger partial charge in [-0.25, -0.2) is 0 Å². The quantitative estimate of drug-likeness (QED) is 0.809. The Labute approximate surface area is 132 Å². The van der Waals surface area contributed by atoms with Gasteiger partial charge in [-0.15, -0.1) is 0 Å². The van der Waals surface area contributed by atoms with Crippen molar-refractivity contribution in [2.45, 2.75) is 84.8 Å². The lowest BCUT2D eigenvalue weighted by molar-refractivity contribution is 0.127. The van der Waals surface area contributed by atoms with Crippen LogP contribution in [0.3, 0.4) is 0 Å². The van der Waals surface area contributed by atoms with Crippen LogP contribution in [0.25, 0.3) is 0 Å². The van der Waals surface area contributed by atoms with E-state index in [9.17, 15) is 5.26 Å². The van der Waals surface area contributed by atoms with Crippen molar-refractivity contribution in [3.63, 3.8) is 0 Å². The van der Waals surface area contributed by atoms with Crippen molar-refractivity contribution in [1.82, 2.24) is 10.2 Å². The zero-order valence-electron chi connectivity index (χ0n) is 15.2. The van der Waals surface area contributed by atoms with Gasteiger partial charge >= 0.3 is 0 Å². The molecule has 1 aliphatic rings. The highest BCUT2D eigenvalue weighted by Crippen LogP contribution is 2.38. The highest BCUT2D eigenvalue weighted by molar-refractivity contribution is 5.14. The minimum absolute atomic E-state index is 0.292. The van der Waals surface area contributed by atoms with Gasteiger partial charge in [0.2, 0.25) is 0 Å². The van der Waals surface area contributed by atoms with E-state index in [2.05, 4.69) is 64.9 Å². The monoisotopic (exact) mass is 293 g/mol. The molecule has 0 aromatic carbocycles. The highest BCUT2D eigenvalue weighted by atomic mass is 15.1. The second kappa shape index (κ2) is 7.11. The fourth-order valence-corrected chi connectivity index (χ4v) is 3.57. The van der Waals surface area contributed by atoms with Gasteiger partial charge in [-0.1, -0.05) is 27.2 Å². The summed E-state index contributed by atoms with van der Waals surface area (Å²) >= 11 is 0. The summed E-state index contributed by atoms with van der Waals surface area (Å²) in [5, 5.41) is 13.3. The largest absolute Gasteiger partial charge is 0.303 e. The van der Waals surface area contributed by atoms with E-state index >= 15 is 0 Å². The molecule has 1 saturated carbocycles. The van der Waals surface area contributed by atoms with Crippen molar-refractivity contribution in [2.75, 3.05) is 13.6 Å². The molecule has 0 aromatic rings. The van der Waals surface area contributed by atoms with Crippen molar-refractivity contribution < 1.29 is 0 Å². The van der Waals surface area contributed by atoms with E-state index < -0.39 is 0 Å². The van der Waals surface area contributed by atoms with Crippen LogP contribution in [-0.4, -0.2) is 36.1 Å². The van der Waals surface area contributed by atoms with Crippen LogP contribution in [0.4, 0.5) is 0 Å². The molecule has 0 spiro atoms. The Morgan fingerprint density at radius 3 is 2.43 bits per heavy atom. The van der Waals surface area contributed by atoms with Crippen molar-refractivity contribution in [3.8, 4) is 6.07 Å². The van der Waals surface area contributed by atoms with Crippen LogP contribution < -0.4 is 5.32 Å². The fourth-order valence-electron chi connectivity index (χ4n) is 3.57. The number of rotatable bonds is 6. The predicted molar refractivity (Wildman–Crippen MR) is 90.1 cm³/mol. The third-order valence-electron chi connectivity index (χ3n) is 5.31. The Hall–Kier alpha value is -0.590. The van der Waals surface area contributed by atoms with Gasteiger partial charge in [-0.2, -0.15) is 5.26 Å². The minimum Gasteiger partial charge on any atom is -0.303 e. The lowest BCUT2D eigenvalue weighted by Gasteiger charge is -2.37. The summed E-state index contributed by atoms with van der Waals surface area (Å²) in [6.45, 7) is 14.5. The Morgan fingerprint density at radius 2 is 1.95 bits per heavy atom. The summed E-state index contributed by atoms with van der Waals surface area (Å²) in [7, 11) is 2.22. The Bertz CT molecular complexity index is 364. The molecule has 3 atom stereocenters. The minimum atomic E-state index is -0.292. The molecular formula is C18H35N3. The van der Waals surface area contributed by atoms with Crippen LogP contribution in [-0.2, 0) is 0 Å². The molecule has 1 N–H and O–H groups in total. The molecule has 0 aliphatic heterocycles. The topological polar surface area (TPSA) is 39.1 Å². The summed E-state index contributed by atoms with van der Waals surface area (Å²) in [6.07, 6.45) is 4.48. The number of hydrogen-bond donors (Lipinski definition) is 1. The fraction of sp³-hybridized carbons (Fsp3) is 0.944. The summed E-state index contributed by atoms with van der Waals surface area (Å²) in [5.74, 6) is 0.486. The van der Waals surface area contributed by atoms with E-state index in [1.807, 2.05) is 0 Å². The summed E-state index contributed by atoms with van der Waals surface area (Å²) in [4.78, 5) is 2.45. The standard InChI is InChI=1S/C18H35N3/c1-14(2)20-18(13-19)11-8-9-16(18)10-12-21(7)15(3)17(4,5)6/h14-16,20H,8-12H2,1-7H3. The molecule has 0 amide bonds. The smallest absolute Gasteiger partial charge is 0.109 e. The van der Waals surface area contributed by atoms with Crippen LogP contribution in [0.1, 0.15) is 67.2 Å². The lowest BCUT2D eigenvalue weighted by Crippen LogP contribution is -2.51. The summed E-state index contributed by atoms with van der Waals surface area (Å²) in [5.41, 5.74) is 0.00685. The Morgan fingerprint density at radius 1 is 1.33 bits per heavy atom. The number of hydrogen-bond acceptors (Lipinski definition) is 3. The number of nitriles is 1. The maximum absolute atomic E-state index is 9.71. The molecule has 1 fully saturated rings. The molecule has 0 bridgehead atoms. The van der Waals surface area contributed by atoms with Gasteiger partial charge < -0.3 is 4.90 Å². The van der Waals surface area contributed by atoms with E-state index in [0.29, 0.717) is 23.4 Å². The molecule has 0 heterocycles. The van der Waals surface area contributed by atoms with E-state index in [-0.39, 0.29) is 5.54 Å². The van der Waals surface area contributed by atoms with E-state index in [0.717, 1.165) is 19.4 Å². The predicted octanol–water partition coefficient (Wildman–Crippen LogP) is 3.80. The van der Waals surface area contributed by atoms with Crippen LogP contribution in [0.2, 0.25) is 0 Å². The summed E-state index contributed by atoms with van der Waals surface area (Å²) in [6, 6.07) is 3.53. The van der Waals surface area contributed by atoms with E-state index in [4.69, 9.17) is 0 Å². The molecule has 0 radical (unpaired) electrons. The molecule has 3 nitrogen and oxygen atoms in total. The van der Waals surface area contributed by atoms with Crippen LogP contribution >= 0.6 is 0 Å². The number of nitrogens with zero attached hydrogens (tertiary/aromatic N) is 2. The van der Waals surface area contributed by atoms with Gasteiger partial charge in [0.15, 0.2) is 0 Å². The zero-order chi connectivity index (χ0) is 16.3. The molecule has 3 heteroatoms. The van der Waals surface area contributed by atoms with Gasteiger partial charge in [-0.05, 0) is 65.0 Å². The molecular weight excluding hydrogens is 258 g/mol. The molecule has 0 saturated heterocycles.